The highest BCUT2D eigenvalue weighted by atomic mass is 15.1. The van der Waals surface area contributed by atoms with E-state index in [0.717, 1.165) is 34.1 Å². The number of anilines is 6. The lowest BCUT2D eigenvalue weighted by atomic mass is 9.66. The van der Waals surface area contributed by atoms with E-state index in [9.17, 15) is 0 Å². The molecule has 0 aliphatic heterocycles. The summed E-state index contributed by atoms with van der Waals surface area (Å²) >= 11 is 0. The lowest BCUT2D eigenvalue weighted by Gasteiger charge is -2.38. The zero-order valence-electron chi connectivity index (χ0n) is 37.9. The average Bonchev–Trinajstić information content (AvgIpc) is 3.29. The minimum absolute atomic E-state index is 0.0693. The second-order valence-corrected chi connectivity index (χ2v) is 19.9. The number of rotatable bonds is 7. The smallest absolute Gasteiger partial charge is 0.0468 e. The van der Waals surface area contributed by atoms with Gasteiger partial charge >= 0.3 is 0 Å². The van der Waals surface area contributed by atoms with Crippen molar-refractivity contribution in [2.45, 2.75) is 71.6 Å². The summed E-state index contributed by atoms with van der Waals surface area (Å²) in [5.41, 5.74) is 17.1. The molecule has 2 nitrogen and oxygen atoms in total. The van der Waals surface area contributed by atoms with E-state index in [1.807, 2.05) is 0 Å². The van der Waals surface area contributed by atoms with Crippen molar-refractivity contribution in [1.82, 2.24) is 0 Å². The molecule has 0 saturated heterocycles. The van der Waals surface area contributed by atoms with Crippen molar-refractivity contribution < 1.29 is 0 Å². The second-order valence-electron chi connectivity index (χ2n) is 19.9. The Morgan fingerprint density at radius 3 is 1.33 bits per heavy atom. The van der Waals surface area contributed by atoms with Gasteiger partial charge < -0.3 is 9.80 Å². The van der Waals surface area contributed by atoms with E-state index in [1.54, 1.807) is 0 Å². The SMILES string of the molecule is CC(C)(C)c1ccc(N(c2ccccc2)c2ccc3c(c2)C(C)(C)c2cccc4c2c-3c(-c2ccccc2)c2ccc(N(c3ccccc3)c3ccc(C(C)(C)C)cc3)cc24)cc1. The van der Waals surface area contributed by atoms with Gasteiger partial charge in [0, 0.05) is 39.5 Å². The van der Waals surface area contributed by atoms with Gasteiger partial charge in [0.05, 0.1) is 0 Å². The fraction of sp³-hybridized carbons (Fsp3) is 0.180. The normalized spacial score (nSPS) is 13.2. The van der Waals surface area contributed by atoms with E-state index in [4.69, 9.17) is 0 Å². The molecule has 2 heteroatoms. The average molecular weight is 817 g/mol. The van der Waals surface area contributed by atoms with Gasteiger partial charge in [-0.05, 0) is 150 Å². The van der Waals surface area contributed by atoms with Crippen LogP contribution in [0.25, 0.3) is 43.8 Å². The molecule has 0 fully saturated rings. The topological polar surface area (TPSA) is 6.48 Å². The Labute approximate surface area is 374 Å². The van der Waals surface area contributed by atoms with Crippen LogP contribution in [0.3, 0.4) is 0 Å². The van der Waals surface area contributed by atoms with Crippen molar-refractivity contribution >= 4 is 55.7 Å². The molecule has 1 aliphatic carbocycles. The zero-order chi connectivity index (χ0) is 43.7. The summed E-state index contributed by atoms with van der Waals surface area (Å²) in [6.45, 7) is 18.5. The third-order valence-electron chi connectivity index (χ3n) is 13.3. The van der Waals surface area contributed by atoms with Crippen LogP contribution >= 0.6 is 0 Å². The van der Waals surface area contributed by atoms with Crippen LogP contribution in [0.15, 0.2) is 194 Å². The lowest BCUT2D eigenvalue weighted by molar-refractivity contribution is 0.590. The van der Waals surface area contributed by atoms with Gasteiger partial charge in [-0.15, -0.1) is 0 Å². The monoisotopic (exact) mass is 816 g/mol. The fourth-order valence-electron chi connectivity index (χ4n) is 9.93. The summed E-state index contributed by atoms with van der Waals surface area (Å²) in [5, 5.41) is 5.12. The summed E-state index contributed by atoms with van der Waals surface area (Å²) < 4.78 is 0. The summed E-state index contributed by atoms with van der Waals surface area (Å²) in [6, 6.07) is 72.2. The van der Waals surface area contributed by atoms with Crippen LogP contribution in [0.4, 0.5) is 34.1 Å². The van der Waals surface area contributed by atoms with Crippen molar-refractivity contribution in [3.8, 4) is 22.3 Å². The molecule has 0 heterocycles. The molecule has 0 saturated carbocycles. The Morgan fingerprint density at radius 2 is 0.810 bits per heavy atom. The van der Waals surface area contributed by atoms with E-state index in [2.05, 4.69) is 259 Å². The molecular formula is C61H56N2. The molecule has 310 valence electrons. The lowest BCUT2D eigenvalue weighted by Crippen LogP contribution is -2.24. The molecule has 9 aromatic rings. The maximum Gasteiger partial charge on any atom is 0.0468 e. The van der Waals surface area contributed by atoms with Gasteiger partial charge in [0.25, 0.3) is 0 Å². The molecule has 0 N–H and O–H groups in total. The van der Waals surface area contributed by atoms with Crippen molar-refractivity contribution in [2.24, 2.45) is 0 Å². The van der Waals surface area contributed by atoms with Crippen molar-refractivity contribution in [3.63, 3.8) is 0 Å². The van der Waals surface area contributed by atoms with E-state index in [1.165, 1.54) is 66.1 Å². The highest BCUT2D eigenvalue weighted by molar-refractivity contribution is 6.24. The molecule has 10 rings (SSSR count). The number of hydrogen-bond donors (Lipinski definition) is 0. The first-order valence-electron chi connectivity index (χ1n) is 22.4. The van der Waals surface area contributed by atoms with Gasteiger partial charge in [0.2, 0.25) is 0 Å². The maximum absolute atomic E-state index is 2.46. The van der Waals surface area contributed by atoms with Crippen LogP contribution < -0.4 is 9.80 Å². The Morgan fingerprint density at radius 1 is 0.349 bits per heavy atom. The van der Waals surface area contributed by atoms with Gasteiger partial charge in [0.1, 0.15) is 0 Å². The molecule has 0 radical (unpaired) electrons. The van der Waals surface area contributed by atoms with Crippen molar-refractivity contribution in [3.05, 3.63) is 216 Å². The fourth-order valence-corrected chi connectivity index (χ4v) is 9.93. The first-order chi connectivity index (χ1) is 30.3. The van der Waals surface area contributed by atoms with Crippen LogP contribution in [0.1, 0.15) is 77.6 Å². The van der Waals surface area contributed by atoms with Crippen LogP contribution in [0, 0.1) is 0 Å². The van der Waals surface area contributed by atoms with E-state index >= 15 is 0 Å². The molecule has 0 amide bonds. The zero-order valence-corrected chi connectivity index (χ0v) is 37.9. The Hall–Kier alpha value is -6.90. The molecule has 0 unspecified atom stereocenters. The summed E-state index contributed by atoms with van der Waals surface area (Å²) in [5.74, 6) is 0. The van der Waals surface area contributed by atoms with Crippen LogP contribution in [-0.4, -0.2) is 0 Å². The second kappa shape index (κ2) is 15.2. The standard InChI is InChI=1S/C61H56N2/c1-59(2,3)42-27-31-46(32-28-42)62(44-21-14-10-15-22-44)48-35-37-51-53(39-48)50-25-18-26-54-57(50)58(56(51)41-19-12-9-13-20-41)52-38-36-49(40-55(52)61(54,7)8)63(45-23-16-11-17-24-45)47-33-29-43(30-34-47)60(4,5)6/h9-40H,1-8H3. The quantitative estimate of drug-likeness (QED) is 0.148. The molecule has 9 aromatic carbocycles. The van der Waals surface area contributed by atoms with E-state index < -0.39 is 0 Å². The number of hydrogen-bond acceptors (Lipinski definition) is 2. The molecule has 0 bridgehead atoms. The number of para-hydroxylation sites is 2. The molecule has 0 aromatic heterocycles. The van der Waals surface area contributed by atoms with E-state index in [-0.39, 0.29) is 16.2 Å². The Bertz CT molecular complexity index is 3110. The van der Waals surface area contributed by atoms with E-state index in [0.29, 0.717) is 0 Å². The number of fused-ring (bicyclic) bond motifs is 4. The van der Waals surface area contributed by atoms with Gasteiger partial charge in [-0.25, -0.2) is 0 Å². The molecule has 0 atom stereocenters. The summed E-state index contributed by atoms with van der Waals surface area (Å²) in [4.78, 5) is 4.81. The van der Waals surface area contributed by atoms with Crippen LogP contribution in [0.5, 0.6) is 0 Å². The van der Waals surface area contributed by atoms with Crippen molar-refractivity contribution in [2.75, 3.05) is 9.80 Å². The first-order valence-corrected chi connectivity index (χ1v) is 22.4. The minimum atomic E-state index is -0.291. The highest BCUT2D eigenvalue weighted by Gasteiger charge is 2.36. The maximum atomic E-state index is 2.46. The summed E-state index contributed by atoms with van der Waals surface area (Å²) in [6.07, 6.45) is 0. The predicted octanol–water partition coefficient (Wildman–Crippen LogP) is 17.5. The molecule has 1 aliphatic rings. The van der Waals surface area contributed by atoms with Crippen LogP contribution in [-0.2, 0) is 16.2 Å². The highest BCUT2D eigenvalue weighted by Crippen LogP contribution is 2.56. The van der Waals surface area contributed by atoms with Crippen molar-refractivity contribution in [1.29, 1.82) is 0 Å². The molecular weight excluding hydrogens is 761 g/mol. The molecule has 63 heavy (non-hydrogen) atoms. The van der Waals surface area contributed by atoms with Gasteiger partial charge in [-0.1, -0.05) is 177 Å². The predicted molar refractivity (Wildman–Crippen MR) is 271 cm³/mol. The number of benzene rings is 9. The largest absolute Gasteiger partial charge is 0.310 e. The van der Waals surface area contributed by atoms with Gasteiger partial charge in [-0.2, -0.15) is 0 Å². The van der Waals surface area contributed by atoms with Gasteiger partial charge in [-0.3, -0.25) is 0 Å². The van der Waals surface area contributed by atoms with Crippen LogP contribution in [0.2, 0.25) is 0 Å². The summed E-state index contributed by atoms with van der Waals surface area (Å²) in [7, 11) is 0. The van der Waals surface area contributed by atoms with Gasteiger partial charge in [0.15, 0.2) is 0 Å². The Kier molecular flexibility index (Phi) is 9.68. The first kappa shape index (κ1) is 40.2. The third kappa shape index (κ3) is 6.99. The minimum Gasteiger partial charge on any atom is -0.310 e. The molecule has 0 spiro atoms. The third-order valence-corrected chi connectivity index (χ3v) is 13.3. The number of nitrogens with zero attached hydrogens (tertiary/aromatic N) is 2. The Balaban J connectivity index is 1.21.